The Balaban J connectivity index is -0.000000286. The van der Waals surface area contributed by atoms with Crippen LogP contribution in [0.5, 0.6) is 0 Å². The fourth-order valence-electron chi connectivity index (χ4n) is 5.66. The molecule has 0 heterocycles. The second kappa shape index (κ2) is 58.5. The average Bonchev–Trinajstić information content (AvgIpc) is 3.38. The third-order valence-electron chi connectivity index (χ3n) is 9.90. The Kier molecular flexibility index (Phi) is 61.5. The number of ether oxygens (including phenoxy) is 4. The molecule has 81 heavy (non-hydrogen) atoms. The first kappa shape index (κ1) is 85.1. The zero-order chi connectivity index (χ0) is 60.2. The van der Waals surface area contributed by atoms with Gasteiger partial charge in [0.2, 0.25) is 0 Å². The van der Waals surface area contributed by atoms with E-state index in [4.69, 9.17) is 73.7 Å². The molecule has 0 amide bonds. The van der Waals surface area contributed by atoms with Crippen LogP contribution in [0, 0.1) is 17.8 Å². The molecular weight excluding hydrogens is 1100 g/mol. The molecule has 0 saturated heterocycles. The second-order valence-electron chi connectivity index (χ2n) is 18.6. The average molecular weight is 1190 g/mol. The molecule has 4 aromatic rings. The van der Waals surface area contributed by atoms with Gasteiger partial charge in [0, 0.05) is 81.8 Å². The molecule has 4 aromatic carbocycles. The fraction of sp³-hybridized carbons (Fsp3) is 0.492. The summed E-state index contributed by atoms with van der Waals surface area (Å²) in [6, 6.07) is 38.0. The van der Waals surface area contributed by atoms with E-state index >= 15 is 0 Å². The van der Waals surface area contributed by atoms with E-state index in [1.165, 1.54) is 0 Å². The molecule has 0 spiro atoms. The molecule has 0 aromatic heterocycles. The molecule has 22 heteroatoms. The molecule has 0 aliphatic heterocycles. The van der Waals surface area contributed by atoms with Crippen LogP contribution < -0.4 is 68.6 Å². The quantitative estimate of drug-likeness (QED) is 0.0170. The van der Waals surface area contributed by atoms with Crippen LogP contribution in [-0.4, -0.2) is 116 Å². The van der Waals surface area contributed by atoms with Crippen LogP contribution in [-0.2, 0) is 69.3 Å². The van der Waals surface area contributed by atoms with Crippen molar-refractivity contribution in [1.82, 2.24) is 0 Å². The number of carboxylic acid groups (broad SMARTS) is 2. The van der Waals surface area contributed by atoms with Gasteiger partial charge in [-0.05, 0) is 86.5 Å². The molecule has 4 rings (SSSR count). The van der Waals surface area contributed by atoms with E-state index in [-0.39, 0.29) is 170 Å². The van der Waals surface area contributed by atoms with Gasteiger partial charge < -0.3 is 72.3 Å². The first-order valence-corrected chi connectivity index (χ1v) is 26.4. The van der Waals surface area contributed by atoms with Crippen molar-refractivity contribution in [3.05, 3.63) is 144 Å². The van der Waals surface area contributed by atoms with Crippen molar-refractivity contribution >= 4 is 46.9 Å². The summed E-state index contributed by atoms with van der Waals surface area (Å²) in [5.74, 6) is -2.35. The SMILES string of the molecule is CC(CC(=O)O)CC(=O)OCc1ccccc1.CC(N)CC(=O)O.C[C@@H](CCO)CC(=O)OCc1ccccc1.C[C@@H](N)CCO.C[C@H](CCO)CC(=O)OCc1ccccc1.C[C@H](N)CCO.O=C(Cl)OCc1ccccc1.[K+].[OH-]. The number of carbonyl (C=O) groups is 6. The number of carbonyl (C=O) groups excluding carboxylic acids is 4. The van der Waals surface area contributed by atoms with Gasteiger partial charge in [-0.15, -0.1) is 0 Å². The summed E-state index contributed by atoms with van der Waals surface area (Å²) in [4.78, 5) is 64.5. The van der Waals surface area contributed by atoms with Gasteiger partial charge in [0.1, 0.15) is 26.4 Å². The third kappa shape index (κ3) is 64.3. The van der Waals surface area contributed by atoms with Crippen molar-refractivity contribution in [2.45, 2.75) is 144 Å². The number of hydrogen-bond donors (Lipinski definition) is 9. The summed E-state index contributed by atoms with van der Waals surface area (Å²) in [6.07, 6.45) is 3.61. The number of esters is 3. The van der Waals surface area contributed by atoms with Crippen molar-refractivity contribution in [2.24, 2.45) is 35.0 Å². The third-order valence-corrected chi connectivity index (χ3v) is 10.0. The Hall–Kier alpha value is -4.69. The molecular formula is C59H91ClKN3O17. The maximum Gasteiger partial charge on any atom is 1.00 e. The minimum absolute atomic E-state index is 0. The van der Waals surface area contributed by atoms with Crippen LogP contribution in [0.15, 0.2) is 121 Å². The molecule has 6 atom stereocenters. The molecule has 0 saturated carbocycles. The number of aliphatic hydroxyl groups excluding tert-OH is 4. The van der Waals surface area contributed by atoms with Crippen molar-refractivity contribution in [3.63, 3.8) is 0 Å². The normalized spacial score (nSPS) is 11.8. The largest absolute Gasteiger partial charge is 1.00 e. The van der Waals surface area contributed by atoms with Crippen LogP contribution in [0.3, 0.4) is 0 Å². The van der Waals surface area contributed by atoms with Gasteiger partial charge >= 0.3 is 86.7 Å². The summed E-state index contributed by atoms with van der Waals surface area (Å²) in [7, 11) is 0. The van der Waals surface area contributed by atoms with Gasteiger partial charge in [0.25, 0.3) is 0 Å². The van der Waals surface area contributed by atoms with Crippen molar-refractivity contribution < 1.29 is 135 Å². The predicted octanol–water partition coefficient (Wildman–Crippen LogP) is 5.14. The molecule has 452 valence electrons. The van der Waals surface area contributed by atoms with Gasteiger partial charge in [0.05, 0.1) is 6.42 Å². The van der Waals surface area contributed by atoms with Gasteiger partial charge in [0.15, 0.2) is 0 Å². The van der Waals surface area contributed by atoms with Crippen LogP contribution in [0.25, 0.3) is 0 Å². The monoisotopic (exact) mass is 1190 g/mol. The number of nitrogens with two attached hydrogens (primary N) is 3. The molecule has 0 aliphatic rings. The number of benzene rings is 4. The smallest absolute Gasteiger partial charge is 0.870 e. The molecule has 0 aliphatic carbocycles. The molecule has 0 fully saturated rings. The molecule has 20 nitrogen and oxygen atoms in total. The maximum atomic E-state index is 11.4. The fourth-order valence-corrected chi connectivity index (χ4v) is 5.71. The predicted molar refractivity (Wildman–Crippen MR) is 307 cm³/mol. The van der Waals surface area contributed by atoms with E-state index in [2.05, 4.69) is 4.74 Å². The second-order valence-corrected chi connectivity index (χ2v) is 18.9. The van der Waals surface area contributed by atoms with E-state index in [1.807, 2.05) is 149 Å². The van der Waals surface area contributed by atoms with Crippen molar-refractivity contribution in [1.29, 1.82) is 0 Å². The number of carboxylic acids is 2. The molecule has 2 unspecified atom stereocenters. The van der Waals surface area contributed by atoms with Crippen molar-refractivity contribution in [2.75, 3.05) is 26.4 Å². The van der Waals surface area contributed by atoms with E-state index in [9.17, 15) is 28.8 Å². The summed E-state index contributed by atoms with van der Waals surface area (Å²) in [5, 5.41) is 50.3. The van der Waals surface area contributed by atoms with Crippen LogP contribution >= 0.6 is 11.6 Å². The zero-order valence-electron chi connectivity index (χ0n) is 48.4. The minimum atomic E-state index is -0.895. The number of aliphatic hydroxyl groups is 4. The van der Waals surface area contributed by atoms with E-state index in [0.29, 0.717) is 51.7 Å². The summed E-state index contributed by atoms with van der Waals surface area (Å²) in [6.45, 7) is 12.8. The standard InChI is InChI=1S/C13H16O4.2C13H18O3.C8H7ClO2.C4H9NO2.2C4H11NO.K.H2O/c1-10(7-12(14)15)8-13(16)17-9-11-5-3-2-4-6-11;2*1-11(7-8-14)9-13(15)16-10-12-5-3-2-4-6-12;9-8(10)11-6-7-4-2-1-3-5-7;1-3(5)2-4(6)7;2*1-4(5)2-3-6;;/h2-6,10H,7-9H2,1H3,(H,14,15);2*2-6,11,14H,7-10H2,1H3;1-5H,6H2;3H,2,5H2,1H3,(H,6,7);2*4,6H,2-3,5H2,1H3;;1H2/q;;;;;;;+1;/p-1/t;2*11-;;;2*4-;;/m.10..10../s1. The Bertz CT molecular complexity index is 2040. The Morgan fingerprint density at radius 1 is 0.395 bits per heavy atom. The maximum absolute atomic E-state index is 11.4. The number of hydrogen-bond acceptors (Lipinski definition) is 18. The van der Waals surface area contributed by atoms with Crippen LogP contribution in [0.2, 0.25) is 0 Å². The summed E-state index contributed by atoms with van der Waals surface area (Å²) >= 11 is 4.97. The Morgan fingerprint density at radius 2 is 0.642 bits per heavy atom. The van der Waals surface area contributed by atoms with Crippen molar-refractivity contribution in [3.8, 4) is 0 Å². The minimum Gasteiger partial charge on any atom is -0.870 e. The van der Waals surface area contributed by atoms with Crippen LogP contribution in [0.4, 0.5) is 4.79 Å². The molecule has 0 radical (unpaired) electrons. The van der Waals surface area contributed by atoms with Gasteiger partial charge in [-0.2, -0.15) is 0 Å². The van der Waals surface area contributed by atoms with Crippen LogP contribution in [0.1, 0.15) is 122 Å². The van der Waals surface area contributed by atoms with Gasteiger partial charge in [-0.3, -0.25) is 24.0 Å². The van der Waals surface area contributed by atoms with E-state index in [1.54, 1.807) is 13.8 Å². The summed E-state index contributed by atoms with van der Waals surface area (Å²) in [5.41, 5.74) is 18.7. The van der Waals surface area contributed by atoms with E-state index < -0.39 is 17.4 Å². The molecule has 0 bridgehead atoms. The zero-order valence-corrected chi connectivity index (χ0v) is 52.2. The number of rotatable bonds is 26. The van der Waals surface area contributed by atoms with Gasteiger partial charge in [-0.25, -0.2) is 4.79 Å². The Morgan fingerprint density at radius 3 is 0.827 bits per heavy atom. The summed E-state index contributed by atoms with van der Waals surface area (Å²) < 4.78 is 19.9. The van der Waals surface area contributed by atoms with E-state index in [0.717, 1.165) is 22.3 Å². The molecule has 13 N–H and O–H groups in total. The topological polar surface area (TPSA) is 369 Å². The number of aliphatic carboxylic acids is 2. The first-order valence-electron chi connectivity index (χ1n) is 26.1. The Labute approximate surface area is 526 Å². The van der Waals surface area contributed by atoms with Gasteiger partial charge in [-0.1, -0.05) is 142 Å². The number of halogens is 1. The first-order chi connectivity index (χ1) is 37.5.